The van der Waals surface area contributed by atoms with Crippen molar-refractivity contribution in [2.24, 2.45) is 0 Å². The van der Waals surface area contributed by atoms with Crippen LogP contribution in [0.25, 0.3) is 98.7 Å². The van der Waals surface area contributed by atoms with Gasteiger partial charge in [-0.1, -0.05) is 201 Å². The fourth-order valence-corrected chi connectivity index (χ4v) is 9.93. The van der Waals surface area contributed by atoms with Crippen LogP contribution < -0.4 is 0 Å². The maximum atomic E-state index is 2.47. The molecular formula is C60H52S. The molecule has 1 aliphatic carbocycles. The van der Waals surface area contributed by atoms with Gasteiger partial charge in [-0.2, -0.15) is 0 Å². The molecule has 61 heavy (non-hydrogen) atoms. The number of rotatable bonds is 4. The first kappa shape index (κ1) is 38.8. The average molecular weight is 805 g/mol. The summed E-state index contributed by atoms with van der Waals surface area (Å²) in [4.78, 5) is 0. The van der Waals surface area contributed by atoms with Gasteiger partial charge in [0.2, 0.25) is 0 Å². The van der Waals surface area contributed by atoms with Crippen LogP contribution in [0, 0.1) is 6.92 Å². The van der Waals surface area contributed by atoms with E-state index in [1.807, 2.05) is 0 Å². The summed E-state index contributed by atoms with van der Waals surface area (Å²) in [5, 5.41) is 10.2. The zero-order valence-corrected chi connectivity index (χ0v) is 37.1. The van der Waals surface area contributed by atoms with E-state index in [0.717, 1.165) is 0 Å². The molecule has 0 aliphatic heterocycles. The Morgan fingerprint density at radius 1 is 0.311 bits per heavy atom. The molecule has 0 unspecified atom stereocenters. The Balaban J connectivity index is 0.000000845. The SMILES string of the molecule is CS(C)(C)C.Cc1ccc2c(-c3ccc(-c4c5ccccc5c(-c5ccc6c(c5)C(C)(C)c5ccccc5-6)c5ccccc45)cc3)c3ccccc3c(-c3ccccc3)c2c1. The summed E-state index contributed by atoms with van der Waals surface area (Å²) in [5.74, 6) is 0. The van der Waals surface area contributed by atoms with E-state index in [1.165, 1.54) is 115 Å². The third-order valence-corrected chi connectivity index (χ3v) is 12.5. The fourth-order valence-electron chi connectivity index (χ4n) is 9.93. The Morgan fingerprint density at radius 3 is 1.18 bits per heavy atom. The highest BCUT2D eigenvalue weighted by atomic mass is 32.3. The van der Waals surface area contributed by atoms with E-state index < -0.39 is 0 Å². The molecule has 0 radical (unpaired) electrons. The highest BCUT2D eigenvalue weighted by Gasteiger charge is 2.35. The van der Waals surface area contributed by atoms with Gasteiger partial charge < -0.3 is 0 Å². The van der Waals surface area contributed by atoms with Crippen molar-refractivity contribution >= 4 is 53.1 Å². The Hall–Kier alpha value is -6.41. The first-order valence-electron chi connectivity index (χ1n) is 21.4. The van der Waals surface area contributed by atoms with Crippen molar-refractivity contribution in [2.75, 3.05) is 25.0 Å². The molecule has 0 amide bonds. The van der Waals surface area contributed by atoms with Crippen LogP contribution in [0.1, 0.15) is 30.5 Å². The van der Waals surface area contributed by atoms with Crippen molar-refractivity contribution < 1.29 is 0 Å². The van der Waals surface area contributed by atoms with E-state index >= 15 is 0 Å². The molecule has 0 atom stereocenters. The second kappa shape index (κ2) is 14.9. The first-order chi connectivity index (χ1) is 29.5. The smallest absolute Gasteiger partial charge is 0.0159 e. The number of benzene rings is 10. The molecule has 11 rings (SSSR count). The van der Waals surface area contributed by atoms with Crippen LogP contribution in [0.2, 0.25) is 0 Å². The molecule has 0 spiro atoms. The Morgan fingerprint density at radius 2 is 0.672 bits per heavy atom. The molecule has 298 valence electrons. The number of hydrogen-bond donors (Lipinski definition) is 0. The second-order valence-electron chi connectivity index (χ2n) is 18.5. The lowest BCUT2D eigenvalue weighted by atomic mass is 9.80. The van der Waals surface area contributed by atoms with E-state index in [2.05, 4.69) is 234 Å². The summed E-state index contributed by atoms with van der Waals surface area (Å²) in [6.07, 6.45) is 9.08. The second-order valence-corrected chi connectivity index (χ2v) is 23.4. The molecule has 0 saturated heterocycles. The van der Waals surface area contributed by atoms with Crippen molar-refractivity contribution in [1.29, 1.82) is 0 Å². The topological polar surface area (TPSA) is 0 Å². The first-order valence-corrected chi connectivity index (χ1v) is 24.7. The quantitative estimate of drug-likeness (QED) is 0.155. The Labute approximate surface area is 362 Å². The standard InChI is InChI=1S/C56H40.C4H12S/c1-35-25-31-48-49(33-35)54(36-15-5-4-6-16-36)45-21-10-7-18-42(45)53(48)38-28-26-37(27-29-38)52-43-19-8-11-22-46(43)55(47-23-12-9-20-44(47)52)39-30-32-41-40-17-13-14-24-50(40)56(2,3)51(41)34-39;1-5(2,3)4/h4-34H,1-3H3;1-4H3. The maximum Gasteiger partial charge on any atom is 0.0159 e. The van der Waals surface area contributed by atoms with Crippen LogP contribution >= 0.6 is 10.0 Å². The molecule has 0 bridgehead atoms. The third kappa shape index (κ3) is 6.73. The number of hydrogen-bond acceptors (Lipinski definition) is 0. The highest BCUT2D eigenvalue weighted by molar-refractivity contribution is 8.31. The summed E-state index contributed by atoms with van der Waals surface area (Å²) in [6, 6.07) is 70.2. The number of aryl methyl sites for hydroxylation is 1. The third-order valence-electron chi connectivity index (χ3n) is 12.5. The Bertz CT molecular complexity index is 3240. The van der Waals surface area contributed by atoms with Gasteiger partial charge in [-0.15, -0.1) is 0 Å². The summed E-state index contributed by atoms with van der Waals surface area (Å²) >= 11 is 0. The summed E-state index contributed by atoms with van der Waals surface area (Å²) < 4.78 is 0. The van der Waals surface area contributed by atoms with Crippen LogP contribution in [0.15, 0.2) is 188 Å². The van der Waals surface area contributed by atoms with E-state index in [1.54, 1.807) is 0 Å². The molecule has 0 N–H and O–H groups in total. The lowest BCUT2D eigenvalue weighted by Crippen LogP contribution is -2.14. The van der Waals surface area contributed by atoms with E-state index in [4.69, 9.17) is 0 Å². The van der Waals surface area contributed by atoms with E-state index in [-0.39, 0.29) is 15.4 Å². The summed E-state index contributed by atoms with van der Waals surface area (Å²) in [5.41, 5.74) is 16.9. The van der Waals surface area contributed by atoms with Crippen LogP contribution in [0.4, 0.5) is 0 Å². The minimum absolute atomic E-state index is 0.0629. The maximum absolute atomic E-state index is 2.47. The van der Waals surface area contributed by atoms with Crippen LogP contribution in [0.5, 0.6) is 0 Å². The van der Waals surface area contributed by atoms with Gasteiger partial charge in [-0.25, -0.2) is 0 Å². The summed E-state index contributed by atoms with van der Waals surface area (Å²) in [6.45, 7) is 6.94. The summed E-state index contributed by atoms with van der Waals surface area (Å²) in [7, 11) is -0.167. The van der Waals surface area contributed by atoms with Crippen LogP contribution in [-0.4, -0.2) is 25.0 Å². The average Bonchev–Trinajstić information content (AvgIpc) is 3.49. The molecule has 0 heterocycles. The molecule has 0 fully saturated rings. The minimum Gasteiger partial charge on any atom is -0.253 e. The van der Waals surface area contributed by atoms with Crippen molar-refractivity contribution in [3.8, 4) is 55.6 Å². The molecule has 0 aromatic heterocycles. The van der Waals surface area contributed by atoms with Crippen molar-refractivity contribution in [1.82, 2.24) is 0 Å². The van der Waals surface area contributed by atoms with Gasteiger partial charge in [0, 0.05) is 5.41 Å². The lowest BCUT2D eigenvalue weighted by Gasteiger charge is -2.23. The van der Waals surface area contributed by atoms with Crippen LogP contribution in [-0.2, 0) is 5.41 Å². The van der Waals surface area contributed by atoms with E-state index in [9.17, 15) is 0 Å². The Kier molecular flexibility index (Phi) is 9.50. The predicted molar refractivity (Wildman–Crippen MR) is 272 cm³/mol. The minimum atomic E-state index is -0.167. The molecular weight excluding hydrogens is 753 g/mol. The van der Waals surface area contributed by atoms with Crippen LogP contribution in [0.3, 0.4) is 0 Å². The van der Waals surface area contributed by atoms with E-state index in [0.29, 0.717) is 0 Å². The van der Waals surface area contributed by atoms with Crippen molar-refractivity contribution in [3.63, 3.8) is 0 Å². The number of fused-ring (bicyclic) bond motifs is 7. The molecule has 1 heteroatoms. The monoisotopic (exact) mass is 804 g/mol. The van der Waals surface area contributed by atoms with Gasteiger partial charge in [-0.3, -0.25) is 10.0 Å². The van der Waals surface area contributed by atoms with Gasteiger partial charge in [0.15, 0.2) is 0 Å². The van der Waals surface area contributed by atoms with Gasteiger partial charge in [0.05, 0.1) is 0 Å². The predicted octanol–water partition coefficient (Wildman–Crippen LogP) is 16.9. The van der Waals surface area contributed by atoms with Gasteiger partial charge in [0.1, 0.15) is 0 Å². The molecule has 10 aromatic rings. The zero-order valence-electron chi connectivity index (χ0n) is 36.3. The largest absolute Gasteiger partial charge is 0.253 e. The van der Waals surface area contributed by atoms with Gasteiger partial charge in [0.25, 0.3) is 0 Å². The van der Waals surface area contributed by atoms with Crippen molar-refractivity contribution in [3.05, 3.63) is 205 Å². The zero-order chi connectivity index (χ0) is 42.0. The fraction of sp³-hybridized carbons (Fsp3) is 0.133. The molecule has 0 saturated carbocycles. The molecule has 0 nitrogen and oxygen atoms in total. The lowest BCUT2D eigenvalue weighted by molar-refractivity contribution is 0.660. The normalized spacial score (nSPS) is 13.2. The highest BCUT2D eigenvalue weighted by Crippen LogP contribution is 2.52. The van der Waals surface area contributed by atoms with Crippen molar-refractivity contribution in [2.45, 2.75) is 26.2 Å². The van der Waals surface area contributed by atoms with Gasteiger partial charge >= 0.3 is 0 Å². The molecule has 10 aromatic carbocycles. The van der Waals surface area contributed by atoms with Gasteiger partial charge in [-0.05, 0) is 148 Å². The molecule has 1 aliphatic rings.